The maximum absolute atomic E-state index is 11.4. The van der Waals surface area contributed by atoms with Crippen LogP contribution < -0.4 is 5.32 Å². The van der Waals surface area contributed by atoms with Crippen molar-refractivity contribution in [1.29, 1.82) is 0 Å². The average Bonchev–Trinajstić information content (AvgIpc) is 2.47. The normalized spacial score (nSPS) is 9.95. The molecule has 1 N–H and O–H groups in total. The van der Waals surface area contributed by atoms with E-state index in [1.807, 2.05) is 12.1 Å². The highest BCUT2D eigenvalue weighted by molar-refractivity contribution is 5.88. The van der Waals surface area contributed by atoms with E-state index in [1.54, 1.807) is 19.3 Å². The fraction of sp³-hybridized carbons (Fsp3) is 0.231. The van der Waals surface area contributed by atoms with Gasteiger partial charge in [-0.1, -0.05) is 6.07 Å². The van der Waals surface area contributed by atoms with E-state index in [1.165, 1.54) is 12.4 Å². The first-order valence-electron chi connectivity index (χ1n) is 5.91. The molecular weight excluding hydrogens is 244 g/mol. The Bertz CT molecular complexity index is 528. The third-order valence-corrected chi connectivity index (χ3v) is 2.34. The highest BCUT2D eigenvalue weighted by Gasteiger charge is 2.07. The minimum absolute atomic E-state index is 0.333. The largest absolute Gasteiger partial charge is 0.462 e. The lowest BCUT2D eigenvalue weighted by molar-refractivity contribution is 0.0525. The van der Waals surface area contributed by atoms with Crippen molar-refractivity contribution in [1.82, 2.24) is 15.0 Å². The minimum atomic E-state index is -0.415. The molecule has 6 nitrogen and oxygen atoms in total. The molecule has 0 amide bonds. The van der Waals surface area contributed by atoms with Gasteiger partial charge in [-0.15, -0.1) is 0 Å². The SMILES string of the molecule is CCOC(=O)c1cnc(NCc2cccnc2)nc1. The summed E-state index contributed by atoms with van der Waals surface area (Å²) in [5.41, 5.74) is 1.37. The van der Waals surface area contributed by atoms with E-state index in [0.717, 1.165) is 5.56 Å². The number of esters is 1. The van der Waals surface area contributed by atoms with Crippen LogP contribution in [0.4, 0.5) is 5.95 Å². The monoisotopic (exact) mass is 258 g/mol. The van der Waals surface area contributed by atoms with Gasteiger partial charge in [-0.3, -0.25) is 4.98 Å². The Balaban J connectivity index is 1.94. The van der Waals surface area contributed by atoms with Gasteiger partial charge in [0.2, 0.25) is 5.95 Å². The van der Waals surface area contributed by atoms with Gasteiger partial charge in [0.05, 0.1) is 12.2 Å². The Morgan fingerprint density at radius 3 is 2.74 bits per heavy atom. The van der Waals surface area contributed by atoms with E-state index >= 15 is 0 Å². The highest BCUT2D eigenvalue weighted by Crippen LogP contribution is 2.04. The minimum Gasteiger partial charge on any atom is -0.462 e. The number of pyridine rings is 1. The van der Waals surface area contributed by atoms with E-state index in [-0.39, 0.29) is 0 Å². The fourth-order valence-electron chi connectivity index (χ4n) is 1.42. The quantitative estimate of drug-likeness (QED) is 0.822. The van der Waals surface area contributed by atoms with Gasteiger partial charge in [0.25, 0.3) is 0 Å². The predicted molar refractivity (Wildman–Crippen MR) is 69.6 cm³/mol. The number of hydrogen-bond acceptors (Lipinski definition) is 6. The van der Waals surface area contributed by atoms with Gasteiger partial charge in [0.1, 0.15) is 0 Å². The molecule has 2 aromatic heterocycles. The Morgan fingerprint density at radius 2 is 2.11 bits per heavy atom. The van der Waals surface area contributed by atoms with Crippen molar-refractivity contribution < 1.29 is 9.53 Å². The van der Waals surface area contributed by atoms with Crippen LogP contribution in [0, 0.1) is 0 Å². The van der Waals surface area contributed by atoms with Gasteiger partial charge in [-0.2, -0.15) is 0 Å². The van der Waals surface area contributed by atoms with Crippen molar-refractivity contribution >= 4 is 11.9 Å². The molecule has 98 valence electrons. The smallest absolute Gasteiger partial charge is 0.341 e. The van der Waals surface area contributed by atoms with Crippen LogP contribution in [-0.4, -0.2) is 27.5 Å². The lowest BCUT2D eigenvalue weighted by Crippen LogP contribution is -2.08. The standard InChI is InChI=1S/C13H14N4O2/c1-2-19-12(18)11-8-16-13(17-9-11)15-7-10-4-3-5-14-6-10/h3-6,8-9H,2,7H2,1H3,(H,15,16,17). The van der Waals surface area contributed by atoms with Crippen molar-refractivity contribution in [2.75, 3.05) is 11.9 Å². The molecular formula is C13H14N4O2. The Labute approximate surface area is 110 Å². The van der Waals surface area contributed by atoms with Gasteiger partial charge >= 0.3 is 5.97 Å². The van der Waals surface area contributed by atoms with Crippen LogP contribution in [0.15, 0.2) is 36.9 Å². The molecule has 0 bridgehead atoms. The molecule has 0 saturated carbocycles. The number of nitrogens with zero attached hydrogens (tertiary/aromatic N) is 3. The lowest BCUT2D eigenvalue weighted by Gasteiger charge is -2.05. The third kappa shape index (κ3) is 3.74. The number of anilines is 1. The number of nitrogens with one attached hydrogen (secondary N) is 1. The molecule has 2 rings (SSSR count). The summed E-state index contributed by atoms with van der Waals surface area (Å²) in [6.45, 7) is 2.66. The summed E-state index contributed by atoms with van der Waals surface area (Å²) in [7, 11) is 0. The third-order valence-electron chi connectivity index (χ3n) is 2.34. The number of aromatic nitrogens is 3. The van der Waals surface area contributed by atoms with Crippen LogP contribution >= 0.6 is 0 Å². The van der Waals surface area contributed by atoms with Gasteiger partial charge in [0, 0.05) is 31.3 Å². The van der Waals surface area contributed by atoms with Gasteiger partial charge in [0.15, 0.2) is 0 Å². The molecule has 2 aromatic rings. The molecule has 6 heteroatoms. The molecule has 0 saturated heterocycles. The van der Waals surface area contributed by atoms with E-state index in [0.29, 0.717) is 24.7 Å². The van der Waals surface area contributed by atoms with Crippen LogP contribution in [0.3, 0.4) is 0 Å². The highest BCUT2D eigenvalue weighted by atomic mass is 16.5. The van der Waals surface area contributed by atoms with Crippen molar-refractivity contribution in [3.8, 4) is 0 Å². The Morgan fingerprint density at radius 1 is 1.32 bits per heavy atom. The van der Waals surface area contributed by atoms with Gasteiger partial charge in [-0.05, 0) is 18.6 Å². The summed E-state index contributed by atoms with van der Waals surface area (Å²) < 4.78 is 4.85. The van der Waals surface area contributed by atoms with E-state index in [4.69, 9.17) is 4.74 Å². The second kappa shape index (κ2) is 6.44. The van der Waals surface area contributed by atoms with Crippen LogP contribution in [-0.2, 0) is 11.3 Å². The Hall–Kier alpha value is -2.50. The molecule has 0 aliphatic rings. The molecule has 0 atom stereocenters. The summed E-state index contributed by atoms with van der Waals surface area (Å²) in [6.07, 6.45) is 6.36. The zero-order valence-corrected chi connectivity index (χ0v) is 10.5. The molecule has 0 radical (unpaired) electrons. The van der Waals surface area contributed by atoms with Crippen LogP contribution in [0.25, 0.3) is 0 Å². The maximum atomic E-state index is 11.4. The first-order valence-corrected chi connectivity index (χ1v) is 5.91. The molecule has 0 spiro atoms. The molecule has 0 aliphatic carbocycles. The number of carbonyl (C=O) groups excluding carboxylic acids is 1. The van der Waals surface area contributed by atoms with Crippen LogP contribution in [0.5, 0.6) is 0 Å². The number of rotatable bonds is 5. The van der Waals surface area contributed by atoms with E-state index < -0.39 is 5.97 Å². The average molecular weight is 258 g/mol. The molecule has 19 heavy (non-hydrogen) atoms. The van der Waals surface area contributed by atoms with Crippen molar-refractivity contribution in [2.24, 2.45) is 0 Å². The molecule has 2 heterocycles. The zero-order chi connectivity index (χ0) is 13.5. The molecule has 0 unspecified atom stereocenters. The summed E-state index contributed by atoms with van der Waals surface area (Å²) in [5, 5.41) is 3.04. The van der Waals surface area contributed by atoms with Crippen molar-refractivity contribution in [2.45, 2.75) is 13.5 Å². The van der Waals surface area contributed by atoms with E-state index in [2.05, 4.69) is 20.3 Å². The maximum Gasteiger partial charge on any atom is 0.341 e. The van der Waals surface area contributed by atoms with Crippen molar-refractivity contribution in [3.05, 3.63) is 48.0 Å². The molecule has 0 aromatic carbocycles. The second-order valence-corrected chi connectivity index (χ2v) is 3.73. The molecule has 0 fully saturated rings. The summed E-state index contributed by atoms with van der Waals surface area (Å²) in [6, 6.07) is 3.81. The zero-order valence-electron chi connectivity index (χ0n) is 10.5. The lowest BCUT2D eigenvalue weighted by atomic mass is 10.3. The van der Waals surface area contributed by atoms with Gasteiger partial charge < -0.3 is 10.1 Å². The van der Waals surface area contributed by atoms with Crippen molar-refractivity contribution in [3.63, 3.8) is 0 Å². The number of carbonyl (C=O) groups is 1. The fourth-order valence-corrected chi connectivity index (χ4v) is 1.42. The topological polar surface area (TPSA) is 77.0 Å². The van der Waals surface area contributed by atoms with Crippen LogP contribution in [0.2, 0.25) is 0 Å². The number of ether oxygens (including phenoxy) is 1. The first kappa shape index (κ1) is 12.9. The predicted octanol–water partition coefficient (Wildman–Crippen LogP) is 1.66. The Kier molecular flexibility index (Phi) is 4.39. The number of hydrogen-bond donors (Lipinski definition) is 1. The summed E-state index contributed by atoms with van der Waals surface area (Å²) in [5.74, 6) is 0.0400. The first-order chi connectivity index (χ1) is 9.29. The molecule has 0 aliphatic heterocycles. The van der Waals surface area contributed by atoms with Crippen LogP contribution in [0.1, 0.15) is 22.8 Å². The summed E-state index contributed by atoms with van der Waals surface area (Å²) in [4.78, 5) is 23.5. The second-order valence-electron chi connectivity index (χ2n) is 3.73. The van der Waals surface area contributed by atoms with E-state index in [9.17, 15) is 4.79 Å². The van der Waals surface area contributed by atoms with Gasteiger partial charge in [-0.25, -0.2) is 14.8 Å². The summed E-state index contributed by atoms with van der Waals surface area (Å²) >= 11 is 0.